The van der Waals surface area contributed by atoms with Crippen LogP contribution in [-0.4, -0.2) is 0 Å². The summed E-state index contributed by atoms with van der Waals surface area (Å²) in [5.74, 6) is 0. The van der Waals surface area contributed by atoms with E-state index in [-0.39, 0.29) is 0 Å². The molecule has 13 aromatic rings. The van der Waals surface area contributed by atoms with E-state index in [4.69, 9.17) is 4.42 Å². The summed E-state index contributed by atoms with van der Waals surface area (Å²) in [6, 6.07) is 75.8. The van der Waals surface area contributed by atoms with Crippen molar-refractivity contribution >= 4 is 97.3 Å². The van der Waals surface area contributed by atoms with Gasteiger partial charge in [-0.1, -0.05) is 182 Å². The molecule has 0 atom stereocenters. The standard InChI is InChI=1S/C58H34O/c1-2-15-37-33-39(26-25-35(37)13-1)54-46-21-9-11-23-48(46)55(49-24-12-10-22-47(49)54)50-32-31-40(42-17-5-6-18-43(42)50)38-28-29-51-53(34-38)44-19-7-8-20-45(44)56-52-30-27-36-14-3-4-16-41(36)57(52)59-58(51)56/h1-34H. The third-order valence-electron chi connectivity index (χ3n) is 12.8. The highest BCUT2D eigenvalue weighted by molar-refractivity contribution is 6.32. The van der Waals surface area contributed by atoms with Gasteiger partial charge in [0.2, 0.25) is 0 Å². The van der Waals surface area contributed by atoms with Gasteiger partial charge in [-0.3, -0.25) is 0 Å². The van der Waals surface area contributed by atoms with E-state index in [0.29, 0.717) is 0 Å². The van der Waals surface area contributed by atoms with Gasteiger partial charge in [0.15, 0.2) is 0 Å². The quantitative estimate of drug-likeness (QED) is 0.130. The third kappa shape index (κ3) is 4.67. The maximum absolute atomic E-state index is 6.89. The van der Waals surface area contributed by atoms with Crippen molar-refractivity contribution in [3.63, 3.8) is 0 Å². The Morgan fingerprint density at radius 1 is 0.237 bits per heavy atom. The molecular formula is C58H34O. The predicted octanol–water partition coefficient (Wildman–Crippen LogP) is 16.7. The molecule has 12 aromatic carbocycles. The van der Waals surface area contributed by atoms with Crippen molar-refractivity contribution in [2.24, 2.45) is 0 Å². The summed E-state index contributed by atoms with van der Waals surface area (Å²) < 4.78 is 6.89. The Kier molecular flexibility index (Phi) is 6.79. The lowest BCUT2D eigenvalue weighted by molar-refractivity contribution is 0.676. The second-order valence-corrected chi connectivity index (χ2v) is 15.9. The van der Waals surface area contributed by atoms with Crippen LogP contribution >= 0.6 is 0 Å². The highest BCUT2D eigenvalue weighted by Crippen LogP contribution is 2.48. The average molecular weight is 747 g/mol. The molecule has 59 heavy (non-hydrogen) atoms. The largest absolute Gasteiger partial charge is 0.455 e. The number of furan rings is 1. The Hall–Kier alpha value is -7.74. The summed E-state index contributed by atoms with van der Waals surface area (Å²) in [7, 11) is 0. The lowest BCUT2D eigenvalue weighted by atomic mass is 9.83. The van der Waals surface area contributed by atoms with E-state index in [0.717, 1.165) is 27.3 Å². The first-order valence-corrected chi connectivity index (χ1v) is 20.4. The van der Waals surface area contributed by atoms with Crippen molar-refractivity contribution in [2.75, 3.05) is 0 Å². The van der Waals surface area contributed by atoms with Crippen LogP contribution in [0.3, 0.4) is 0 Å². The van der Waals surface area contributed by atoms with Crippen molar-refractivity contribution in [1.29, 1.82) is 0 Å². The molecule has 1 heteroatoms. The Labute approximate surface area is 340 Å². The first-order valence-electron chi connectivity index (χ1n) is 20.4. The van der Waals surface area contributed by atoms with E-state index in [1.54, 1.807) is 0 Å². The molecule has 0 radical (unpaired) electrons. The highest BCUT2D eigenvalue weighted by Gasteiger charge is 2.21. The molecule has 0 saturated heterocycles. The topological polar surface area (TPSA) is 13.1 Å². The zero-order chi connectivity index (χ0) is 38.6. The van der Waals surface area contributed by atoms with Crippen LogP contribution < -0.4 is 0 Å². The van der Waals surface area contributed by atoms with Gasteiger partial charge < -0.3 is 4.42 Å². The molecule has 0 aliphatic heterocycles. The molecule has 0 spiro atoms. The molecule has 1 nitrogen and oxygen atoms in total. The van der Waals surface area contributed by atoms with Gasteiger partial charge >= 0.3 is 0 Å². The molecule has 0 saturated carbocycles. The lowest BCUT2D eigenvalue weighted by Crippen LogP contribution is -1.92. The summed E-state index contributed by atoms with van der Waals surface area (Å²) in [5, 5.41) is 19.5. The second kappa shape index (κ2) is 12.4. The Bertz CT molecular complexity index is 3850. The first-order chi connectivity index (χ1) is 29.3. The van der Waals surface area contributed by atoms with Crippen molar-refractivity contribution < 1.29 is 4.42 Å². The molecule has 272 valence electrons. The van der Waals surface area contributed by atoms with Crippen LogP contribution in [0.2, 0.25) is 0 Å². The summed E-state index contributed by atoms with van der Waals surface area (Å²) in [4.78, 5) is 0. The molecule has 0 N–H and O–H groups in total. The number of fused-ring (bicyclic) bond motifs is 14. The predicted molar refractivity (Wildman–Crippen MR) is 253 cm³/mol. The molecule has 0 aliphatic carbocycles. The number of benzene rings is 12. The number of hydrogen-bond acceptors (Lipinski definition) is 1. The molecule has 13 rings (SSSR count). The molecule has 0 aliphatic rings. The zero-order valence-corrected chi connectivity index (χ0v) is 32.0. The van der Waals surface area contributed by atoms with E-state index in [1.807, 2.05) is 0 Å². The van der Waals surface area contributed by atoms with Crippen LogP contribution in [0.1, 0.15) is 0 Å². The van der Waals surface area contributed by atoms with Gasteiger partial charge in [0, 0.05) is 21.5 Å². The first kappa shape index (κ1) is 32.4. The molecule has 1 aromatic heterocycles. The maximum Gasteiger partial charge on any atom is 0.143 e. The lowest BCUT2D eigenvalue weighted by Gasteiger charge is -2.20. The van der Waals surface area contributed by atoms with Crippen LogP contribution in [0, 0.1) is 0 Å². The fourth-order valence-electron chi connectivity index (χ4n) is 10.2. The van der Waals surface area contributed by atoms with Gasteiger partial charge in [-0.25, -0.2) is 0 Å². The second-order valence-electron chi connectivity index (χ2n) is 15.9. The van der Waals surface area contributed by atoms with E-state index >= 15 is 0 Å². The summed E-state index contributed by atoms with van der Waals surface area (Å²) >= 11 is 0. The SMILES string of the molecule is c1ccc2cc(-c3c4ccccc4c(-c4ccc(-c5ccc6c(c5)c5ccccc5c5c7ccc8ccccc8c7oc65)c5ccccc45)c4ccccc34)ccc2c1. The Morgan fingerprint density at radius 3 is 1.47 bits per heavy atom. The molecule has 1 heterocycles. The molecule has 0 fully saturated rings. The average Bonchev–Trinajstić information content (AvgIpc) is 3.71. The van der Waals surface area contributed by atoms with Crippen LogP contribution in [0.5, 0.6) is 0 Å². The monoisotopic (exact) mass is 746 g/mol. The van der Waals surface area contributed by atoms with Gasteiger partial charge in [-0.15, -0.1) is 0 Å². The highest BCUT2D eigenvalue weighted by atomic mass is 16.3. The van der Waals surface area contributed by atoms with E-state index in [9.17, 15) is 0 Å². The fraction of sp³-hybridized carbons (Fsp3) is 0. The minimum atomic E-state index is 0.947. The summed E-state index contributed by atoms with van der Waals surface area (Å²) in [5.41, 5.74) is 9.33. The number of rotatable bonds is 3. The van der Waals surface area contributed by atoms with Gasteiger partial charge in [0.25, 0.3) is 0 Å². The van der Waals surface area contributed by atoms with Crippen LogP contribution in [0.25, 0.3) is 131 Å². The fourth-order valence-corrected chi connectivity index (χ4v) is 10.2. The third-order valence-corrected chi connectivity index (χ3v) is 12.8. The summed E-state index contributed by atoms with van der Waals surface area (Å²) in [6.07, 6.45) is 0. The van der Waals surface area contributed by atoms with E-state index in [1.165, 1.54) is 103 Å². The Morgan fingerprint density at radius 2 is 0.746 bits per heavy atom. The summed E-state index contributed by atoms with van der Waals surface area (Å²) in [6.45, 7) is 0. The minimum absolute atomic E-state index is 0.947. The zero-order valence-electron chi connectivity index (χ0n) is 32.0. The molecule has 0 amide bonds. The minimum Gasteiger partial charge on any atom is -0.455 e. The van der Waals surface area contributed by atoms with Crippen LogP contribution in [0.15, 0.2) is 211 Å². The molecule has 0 bridgehead atoms. The van der Waals surface area contributed by atoms with Crippen LogP contribution in [0.4, 0.5) is 0 Å². The van der Waals surface area contributed by atoms with Gasteiger partial charge in [-0.2, -0.15) is 0 Å². The number of hydrogen-bond donors (Lipinski definition) is 0. The van der Waals surface area contributed by atoms with Gasteiger partial charge in [0.1, 0.15) is 11.2 Å². The van der Waals surface area contributed by atoms with E-state index in [2.05, 4.69) is 206 Å². The Balaban J connectivity index is 1.05. The van der Waals surface area contributed by atoms with Gasteiger partial charge in [-0.05, 0) is 122 Å². The smallest absolute Gasteiger partial charge is 0.143 e. The van der Waals surface area contributed by atoms with Crippen LogP contribution in [-0.2, 0) is 0 Å². The van der Waals surface area contributed by atoms with Crippen molar-refractivity contribution in [3.8, 4) is 33.4 Å². The van der Waals surface area contributed by atoms with E-state index < -0.39 is 0 Å². The van der Waals surface area contributed by atoms with Crippen molar-refractivity contribution in [1.82, 2.24) is 0 Å². The normalized spacial score (nSPS) is 12.1. The van der Waals surface area contributed by atoms with Crippen molar-refractivity contribution in [3.05, 3.63) is 206 Å². The van der Waals surface area contributed by atoms with Gasteiger partial charge in [0.05, 0.1) is 0 Å². The van der Waals surface area contributed by atoms with Crippen molar-refractivity contribution in [2.45, 2.75) is 0 Å². The maximum atomic E-state index is 6.89. The molecular weight excluding hydrogens is 713 g/mol. The molecule has 0 unspecified atom stereocenters.